The summed E-state index contributed by atoms with van der Waals surface area (Å²) in [7, 11) is 0. The average Bonchev–Trinajstić information content (AvgIpc) is 2.95. The topological polar surface area (TPSA) is 47.6 Å². The van der Waals surface area contributed by atoms with Crippen LogP contribution in [0.3, 0.4) is 0 Å². The van der Waals surface area contributed by atoms with Gasteiger partial charge in [-0.1, -0.05) is 0 Å². The number of nitrogens with one attached hydrogen (secondary N) is 1. The second-order valence-electron chi connectivity index (χ2n) is 4.77. The number of hydrogen-bond donors (Lipinski definition) is 1. The first-order valence-corrected chi connectivity index (χ1v) is 6.63. The molecule has 0 radical (unpaired) electrons. The molecule has 0 bridgehead atoms. The number of ether oxygens (including phenoxy) is 2. The SMILES string of the molecule is O=C(NCC(F)(F)F)c1ccc(OCC2CCCO2)cc1. The molecule has 0 aliphatic carbocycles. The van der Waals surface area contributed by atoms with Gasteiger partial charge in [-0.3, -0.25) is 4.79 Å². The van der Waals surface area contributed by atoms with Gasteiger partial charge in [0, 0.05) is 12.2 Å². The molecule has 0 aromatic heterocycles. The zero-order valence-electron chi connectivity index (χ0n) is 11.3. The van der Waals surface area contributed by atoms with Crippen LogP contribution in [0.1, 0.15) is 23.2 Å². The molecule has 1 atom stereocenters. The Kier molecular flexibility index (Phi) is 5.06. The fourth-order valence-corrected chi connectivity index (χ4v) is 1.95. The van der Waals surface area contributed by atoms with E-state index in [0.717, 1.165) is 19.4 Å². The van der Waals surface area contributed by atoms with Crippen molar-refractivity contribution in [3.63, 3.8) is 0 Å². The summed E-state index contributed by atoms with van der Waals surface area (Å²) in [5.74, 6) is -0.212. The van der Waals surface area contributed by atoms with Gasteiger partial charge in [0.1, 0.15) is 18.9 Å². The number of benzene rings is 1. The normalized spacial score (nSPS) is 18.5. The molecule has 21 heavy (non-hydrogen) atoms. The van der Waals surface area contributed by atoms with Crippen molar-refractivity contribution >= 4 is 5.91 Å². The first kappa shape index (κ1) is 15.6. The number of carbonyl (C=O) groups is 1. The van der Waals surface area contributed by atoms with E-state index in [-0.39, 0.29) is 11.7 Å². The van der Waals surface area contributed by atoms with Gasteiger partial charge in [0.05, 0.1) is 6.10 Å². The molecule has 1 N–H and O–H groups in total. The summed E-state index contributed by atoms with van der Waals surface area (Å²) in [6, 6.07) is 5.96. The first-order valence-electron chi connectivity index (χ1n) is 6.63. The Bertz CT molecular complexity index is 467. The van der Waals surface area contributed by atoms with Gasteiger partial charge in [-0.05, 0) is 37.1 Å². The van der Waals surface area contributed by atoms with Crippen LogP contribution in [0.2, 0.25) is 0 Å². The molecule has 1 fully saturated rings. The summed E-state index contributed by atoms with van der Waals surface area (Å²) in [5.41, 5.74) is 0.156. The van der Waals surface area contributed by atoms with Crippen molar-refractivity contribution in [2.45, 2.75) is 25.1 Å². The first-order chi connectivity index (χ1) is 9.94. The smallest absolute Gasteiger partial charge is 0.405 e. The van der Waals surface area contributed by atoms with Crippen LogP contribution in [0.15, 0.2) is 24.3 Å². The predicted molar refractivity (Wildman–Crippen MR) is 69.3 cm³/mol. The summed E-state index contributed by atoms with van der Waals surface area (Å²) in [6.07, 6.45) is -2.36. The predicted octanol–water partition coefficient (Wildman–Crippen LogP) is 2.54. The number of halogens is 3. The number of rotatable bonds is 5. The van der Waals surface area contributed by atoms with Gasteiger partial charge >= 0.3 is 6.18 Å². The van der Waals surface area contributed by atoms with Crippen molar-refractivity contribution in [1.29, 1.82) is 0 Å². The molecule has 1 unspecified atom stereocenters. The lowest BCUT2D eigenvalue weighted by Crippen LogP contribution is -2.33. The fraction of sp³-hybridized carbons (Fsp3) is 0.500. The quantitative estimate of drug-likeness (QED) is 0.909. The molecule has 0 spiro atoms. The Morgan fingerprint density at radius 2 is 2.05 bits per heavy atom. The van der Waals surface area contributed by atoms with Gasteiger partial charge < -0.3 is 14.8 Å². The number of hydrogen-bond acceptors (Lipinski definition) is 3. The van der Waals surface area contributed by atoms with Crippen LogP contribution in [-0.2, 0) is 4.74 Å². The van der Waals surface area contributed by atoms with E-state index >= 15 is 0 Å². The highest BCUT2D eigenvalue weighted by atomic mass is 19.4. The third kappa shape index (κ3) is 5.26. The summed E-state index contributed by atoms with van der Waals surface area (Å²) in [5, 5.41) is 1.81. The summed E-state index contributed by atoms with van der Waals surface area (Å²) in [4.78, 5) is 11.5. The number of alkyl halides is 3. The second-order valence-corrected chi connectivity index (χ2v) is 4.77. The third-order valence-electron chi connectivity index (χ3n) is 3.03. The Morgan fingerprint density at radius 1 is 1.33 bits per heavy atom. The van der Waals surface area contributed by atoms with Crippen molar-refractivity contribution in [3.05, 3.63) is 29.8 Å². The van der Waals surface area contributed by atoms with Crippen LogP contribution in [0.4, 0.5) is 13.2 Å². The highest BCUT2D eigenvalue weighted by Gasteiger charge is 2.27. The lowest BCUT2D eigenvalue weighted by atomic mass is 10.2. The van der Waals surface area contributed by atoms with Crippen molar-refractivity contribution < 1.29 is 27.4 Å². The lowest BCUT2D eigenvalue weighted by Gasteiger charge is -2.12. The molecule has 1 heterocycles. The van der Waals surface area contributed by atoms with Crippen LogP contribution in [-0.4, -0.2) is 37.9 Å². The van der Waals surface area contributed by atoms with Gasteiger partial charge in [0.25, 0.3) is 5.91 Å². The van der Waals surface area contributed by atoms with E-state index in [1.54, 1.807) is 12.1 Å². The average molecular weight is 303 g/mol. The van der Waals surface area contributed by atoms with Gasteiger partial charge in [0.15, 0.2) is 0 Å². The minimum Gasteiger partial charge on any atom is -0.491 e. The van der Waals surface area contributed by atoms with E-state index < -0.39 is 18.6 Å². The van der Waals surface area contributed by atoms with E-state index in [4.69, 9.17) is 9.47 Å². The van der Waals surface area contributed by atoms with Crippen molar-refractivity contribution in [2.75, 3.05) is 19.8 Å². The highest BCUT2D eigenvalue weighted by molar-refractivity contribution is 5.94. The molecule has 0 saturated carbocycles. The van der Waals surface area contributed by atoms with Crippen LogP contribution in [0.25, 0.3) is 0 Å². The Labute approximate surface area is 120 Å². The number of amides is 1. The van der Waals surface area contributed by atoms with E-state index in [1.165, 1.54) is 12.1 Å². The van der Waals surface area contributed by atoms with E-state index in [9.17, 15) is 18.0 Å². The minimum absolute atomic E-state index is 0.0831. The molecule has 1 aliphatic rings. The Morgan fingerprint density at radius 3 is 2.62 bits per heavy atom. The molecule has 1 aliphatic heterocycles. The molecule has 7 heteroatoms. The molecular weight excluding hydrogens is 287 g/mol. The maximum atomic E-state index is 12.0. The molecule has 1 aromatic carbocycles. The standard InChI is InChI=1S/C14H16F3NO3/c15-14(16,17)9-18-13(19)10-3-5-11(6-4-10)21-8-12-2-1-7-20-12/h3-6,12H,1-2,7-9H2,(H,18,19). The van der Waals surface area contributed by atoms with Gasteiger partial charge in [-0.25, -0.2) is 0 Å². The summed E-state index contributed by atoms with van der Waals surface area (Å²) >= 11 is 0. The third-order valence-corrected chi connectivity index (χ3v) is 3.03. The van der Waals surface area contributed by atoms with Gasteiger partial charge in [0.2, 0.25) is 0 Å². The fourth-order valence-electron chi connectivity index (χ4n) is 1.95. The Balaban J connectivity index is 1.81. The molecule has 116 valence electrons. The maximum absolute atomic E-state index is 12.0. The van der Waals surface area contributed by atoms with Gasteiger partial charge in [-0.15, -0.1) is 0 Å². The summed E-state index contributed by atoms with van der Waals surface area (Å²) < 4.78 is 46.9. The largest absolute Gasteiger partial charge is 0.491 e. The molecular formula is C14H16F3NO3. The summed E-state index contributed by atoms with van der Waals surface area (Å²) in [6.45, 7) is -0.172. The number of carbonyl (C=O) groups excluding carboxylic acids is 1. The molecule has 1 aromatic rings. The molecule has 1 amide bonds. The highest BCUT2D eigenvalue weighted by Crippen LogP contribution is 2.17. The van der Waals surface area contributed by atoms with Crippen LogP contribution in [0, 0.1) is 0 Å². The van der Waals surface area contributed by atoms with Crippen LogP contribution < -0.4 is 10.1 Å². The molecule has 1 saturated heterocycles. The van der Waals surface area contributed by atoms with Crippen LogP contribution >= 0.6 is 0 Å². The zero-order valence-corrected chi connectivity index (χ0v) is 11.3. The Hall–Kier alpha value is -1.76. The van der Waals surface area contributed by atoms with E-state index in [2.05, 4.69) is 0 Å². The van der Waals surface area contributed by atoms with E-state index in [1.807, 2.05) is 5.32 Å². The van der Waals surface area contributed by atoms with Crippen molar-refractivity contribution in [3.8, 4) is 5.75 Å². The zero-order chi connectivity index (χ0) is 15.3. The minimum atomic E-state index is -4.42. The van der Waals surface area contributed by atoms with Crippen LogP contribution in [0.5, 0.6) is 5.75 Å². The van der Waals surface area contributed by atoms with Crippen molar-refractivity contribution in [1.82, 2.24) is 5.32 Å². The molecule has 2 rings (SSSR count). The van der Waals surface area contributed by atoms with Crippen molar-refractivity contribution in [2.24, 2.45) is 0 Å². The van der Waals surface area contributed by atoms with Gasteiger partial charge in [-0.2, -0.15) is 13.2 Å². The lowest BCUT2D eigenvalue weighted by molar-refractivity contribution is -0.123. The van der Waals surface area contributed by atoms with E-state index in [0.29, 0.717) is 12.4 Å². The monoisotopic (exact) mass is 303 g/mol. The second kappa shape index (κ2) is 6.80. The molecule has 4 nitrogen and oxygen atoms in total. The maximum Gasteiger partial charge on any atom is 0.405 e.